The second-order valence-corrected chi connectivity index (χ2v) is 5.61. The molecule has 0 bridgehead atoms. The summed E-state index contributed by atoms with van der Waals surface area (Å²) < 4.78 is 47.0. The number of aliphatic imine (C=N–C) groups is 1. The third-order valence-electron chi connectivity index (χ3n) is 3.54. The van der Waals surface area contributed by atoms with E-state index in [1.165, 1.54) is 0 Å². The van der Waals surface area contributed by atoms with Gasteiger partial charge < -0.3 is 4.74 Å². The minimum Gasteiger partial charge on any atom is -0.465 e. The molecule has 0 heterocycles. The van der Waals surface area contributed by atoms with Crippen LogP contribution in [0.15, 0.2) is 4.99 Å². The number of rotatable bonds is 9. The average molecular weight is 388 g/mol. The molecule has 7 nitrogen and oxygen atoms in total. The van der Waals surface area contributed by atoms with Crippen molar-refractivity contribution in [1.82, 2.24) is 0 Å². The van der Waals surface area contributed by atoms with E-state index < -0.39 is 56.9 Å². The molecule has 0 saturated carbocycles. The number of halogens is 3. The van der Waals surface area contributed by atoms with Crippen molar-refractivity contribution in [2.75, 3.05) is 13.2 Å². The minimum absolute atomic E-state index is 0.0500. The number of hydrogen-bond donors (Lipinski definition) is 0. The predicted molar refractivity (Wildman–Crippen MR) is 90.4 cm³/mol. The highest BCUT2D eigenvalue weighted by Gasteiger charge is 2.39. The fourth-order valence-electron chi connectivity index (χ4n) is 2.15. The highest BCUT2D eigenvalue weighted by Crippen LogP contribution is 2.32. The second-order valence-electron chi connectivity index (χ2n) is 5.61. The summed E-state index contributed by atoms with van der Waals surface area (Å²) in [5.74, 6) is -9.72. The lowest BCUT2D eigenvalue weighted by Crippen LogP contribution is -2.30. The molecule has 0 saturated heterocycles. The van der Waals surface area contributed by atoms with Crippen LogP contribution in [-0.4, -0.2) is 36.0 Å². The molecule has 0 N–H and O–H groups in total. The van der Waals surface area contributed by atoms with Gasteiger partial charge in [0.05, 0.1) is 11.5 Å². The van der Waals surface area contributed by atoms with Crippen LogP contribution < -0.4 is 0 Å². The third kappa shape index (κ3) is 4.89. The summed E-state index contributed by atoms with van der Waals surface area (Å²) in [5.41, 5.74) is -3.90. The third-order valence-corrected chi connectivity index (χ3v) is 3.54. The van der Waals surface area contributed by atoms with Crippen LogP contribution in [0.2, 0.25) is 0 Å². The van der Waals surface area contributed by atoms with Crippen molar-refractivity contribution >= 4 is 23.7 Å². The molecule has 0 aliphatic carbocycles. The summed E-state index contributed by atoms with van der Waals surface area (Å²) >= 11 is 0. The average Bonchev–Trinajstić information content (AvgIpc) is 2.63. The second kappa shape index (κ2) is 9.79. The van der Waals surface area contributed by atoms with Gasteiger partial charge in [-0.2, -0.15) is 4.39 Å². The Balaban J connectivity index is 3.56. The Morgan fingerprint density at radius 1 is 1.19 bits per heavy atom. The zero-order chi connectivity index (χ0) is 20.7. The van der Waals surface area contributed by atoms with Gasteiger partial charge >= 0.3 is 11.7 Å². The molecule has 10 heteroatoms. The molecular formula is C17H19F3N2O5. The van der Waals surface area contributed by atoms with Crippen LogP contribution in [0, 0.1) is 40.4 Å². The van der Waals surface area contributed by atoms with Gasteiger partial charge in [0.25, 0.3) is 0 Å². The fraction of sp³-hybridized carbons (Fsp3) is 0.471. The van der Waals surface area contributed by atoms with E-state index in [0.717, 1.165) is 13.1 Å². The maximum atomic E-state index is 14.4. The van der Waals surface area contributed by atoms with Gasteiger partial charge in [-0.3, -0.25) is 24.7 Å². The van der Waals surface area contributed by atoms with Gasteiger partial charge in [0.2, 0.25) is 5.82 Å². The normalized spacial score (nSPS) is 12.2. The first kappa shape index (κ1) is 22.3. The molecule has 1 rings (SSSR count). The number of carbonyl (C=O) groups excluding carboxylic acids is 2. The maximum absolute atomic E-state index is 14.4. The van der Waals surface area contributed by atoms with Gasteiger partial charge in [0.15, 0.2) is 17.5 Å². The molecule has 27 heavy (non-hydrogen) atoms. The number of ketones is 1. The zero-order valence-electron chi connectivity index (χ0n) is 15.1. The lowest BCUT2D eigenvalue weighted by atomic mass is 9.94. The quantitative estimate of drug-likeness (QED) is 0.123. The molecule has 148 valence electrons. The van der Waals surface area contributed by atoms with Gasteiger partial charge in [-0.25, -0.2) is 8.78 Å². The minimum atomic E-state index is -1.98. The van der Waals surface area contributed by atoms with Crippen LogP contribution in [0.1, 0.15) is 42.6 Å². The van der Waals surface area contributed by atoms with Crippen molar-refractivity contribution in [3.05, 3.63) is 38.7 Å². The highest BCUT2D eigenvalue weighted by atomic mass is 19.2. The van der Waals surface area contributed by atoms with Crippen LogP contribution >= 0.6 is 0 Å². The molecule has 1 aromatic carbocycles. The first-order chi connectivity index (χ1) is 12.7. The van der Waals surface area contributed by atoms with Crippen molar-refractivity contribution < 1.29 is 32.4 Å². The molecule has 0 radical (unpaired) electrons. The number of benzene rings is 1. The molecule has 0 fully saturated rings. The number of Topliss-reactive ketones (excluding diaryl/α,β-unsaturated/α-hetero) is 1. The summed E-state index contributed by atoms with van der Waals surface area (Å²) in [6, 6.07) is 0. The van der Waals surface area contributed by atoms with E-state index in [9.17, 15) is 32.9 Å². The summed E-state index contributed by atoms with van der Waals surface area (Å²) in [6.45, 7) is 4.47. The van der Waals surface area contributed by atoms with Crippen molar-refractivity contribution in [3.8, 4) is 0 Å². The number of carbonyl (C=O) groups is 2. The number of esters is 1. The Morgan fingerprint density at radius 3 is 2.33 bits per heavy atom. The Morgan fingerprint density at radius 2 is 1.81 bits per heavy atom. The van der Waals surface area contributed by atoms with Crippen LogP contribution in [-0.2, 0) is 9.53 Å². The Labute approximate surface area is 153 Å². The summed E-state index contributed by atoms with van der Waals surface area (Å²) in [7, 11) is 0. The van der Waals surface area contributed by atoms with Gasteiger partial charge in [0, 0.05) is 18.3 Å². The number of hydrogen-bond acceptors (Lipinski definition) is 6. The van der Waals surface area contributed by atoms with Crippen LogP contribution in [0.4, 0.5) is 18.9 Å². The van der Waals surface area contributed by atoms with Gasteiger partial charge in [-0.1, -0.05) is 13.8 Å². The fourth-order valence-corrected chi connectivity index (χ4v) is 2.15. The number of nitrogens with zero attached hydrogens (tertiary/aromatic N) is 2. The van der Waals surface area contributed by atoms with Crippen LogP contribution in [0.5, 0.6) is 0 Å². The van der Waals surface area contributed by atoms with E-state index in [4.69, 9.17) is 4.74 Å². The lowest BCUT2D eigenvalue weighted by molar-refractivity contribution is -0.388. The van der Waals surface area contributed by atoms with Crippen molar-refractivity contribution in [2.24, 2.45) is 10.9 Å². The van der Waals surface area contributed by atoms with Crippen LogP contribution in [0.25, 0.3) is 0 Å². The topological polar surface area (TPSA) is 98.9 Å². The first-order valence-corrected chi connectivity index (χ1v) is 8.21. The molecule has 0 amide bonds. The van der Waals surface area contributed by atoms with E-state index in [0.29, 0.717) is 12.8 Å². The van der Waals surface area contributed by atoms with Gasteiger partial charge in [-0.05, 0) is 19.8 Å². The molecule has 1 atom stereocenters. The van der Waals surface area contributed by atoms with Gasteiger partial charge in [0.1, 0.15) is 11.4 Å². The maximum Gasteiger partial charge on any atom is 0.322 e. The summed E-state index contributed by atoms with van der Waals surface area (Å²) in [4.78, 5) is 38.4. The lowest BCUT2D eigenvalue weighted by Gasteiger charge is -2.13. The summed E-state index contributed by atoms with van der Waals surface area (Å²) in [6.07, 6.45) is 1.88. The zero-order valence-corrected chi connectivity index (χ0v) is 15.1. The Bertz CT molecular complexity index is 781. The molecule has 0 spiro atoms. The van der Waals surface area contributed by atoms with E-state index in [-0.39, 0.29) is 13.2 Å². The van der Waals surface area contributed by atoms with Crippen LogP contribution in [0.3, 0.4) is 0 Å². The molecule has 0 aliphatic heterocycles. The SMILES string of the molecule is CCCN=CC(C(=O)OCCC)C(=O)c1c(F)c(C)c(F)c(F)c1[N+](=O)[O-]. The molecule has 0 aliphatic rings. The molecule has 1 aromatic rings. The molecule has 1 unspecified atom stereocenters. The van der Waals surface area contributed by atoms with E-state index in [1.54, 1.807) is 13.8 Å². The highest BCUT2D eigenvalue weighted by molar-refractivity contribution is 6.20. The van der Waals surface area contributed by atoms with E-state index >= 15 is 0 Å². The van der Waals surface area contributed by atoms with Crippen molar-refractivity contribution in [2.45, 2.75) is 33.6 Å². The standard InChI is InChI=1S/C17H19F3N2O5/c1-4-6-21-8-10(17(24)27-7-5-2)16(23)11-12(18)9(3)13(19)14(20)15(11)22(25)26/h8,10H,4-7H2,1-3H3. The predicted octanol–water partition coefficient (Wildman–Crippen LogP) is 3.55. The summed E-state index contributed by atoms with van der Waals surface area (Å²) in [5, 5.41) is 11.1. The Kier molecular flexibility index (Phi) is 8.07. The number of ether oxygens (including phenoxy) is 1. The van der Waals surface area contributed by atoms with E-state index in [2.05, 4.69) is 4.99 Å². The monoisotopic (exact) mass is 388 g/mol. The largest absolute Gasteiger partial charge is 0.465 e. The van der Waals surface area contributed by atoms with Crippen molar-refractivity contribution in [1.29, 1.82) is 0 Å². The first-order valence-electron chi connectivity index (χ1n) is 8.21. The number of nitro groups is 1. The number of nitro benzene ring substituents is 1. The Hall–Kier alpha value is -2.78. The molecule has 0 aromatic heterocycles. The van der Waals surface area contributed by atoms with Crippen molar-refractivity contribution in [3.63, 3.8) is 0 Å². The smallest absolute Gasteiger partial charge is 0.322 e. The van der Waals surface area contributed by atoms with Gasteiger partial charge in [-0.15, -0.1) is 0 Å². The van der Waals surface area contributed by atoms with E-state index in [1.807, 2.05) is 0 Å². The molecular weight excluding hydrogens is 369 g/mol.